The number of anilines is 1. The standard InChI is InChI=1S/C9H9NOS/c11-6-9(12)5-7-3-1-2-4-8(7)10-9/h1-4,6,10,12H,5H2/i/hD. The van der Waals surface area contributed by atoms with Gasteiger partial charge in [0.15, 0.2) is 7.70 Å². The first-order valence-corrected chi connectivity index (χ1v) is 4.18. The number of fused-ring (bicyclic) bond motifs is 1. The molecule has 0 bridgehead atoms. The summed E-state index contributed by atoms with van der Waals surface area (Å²) in [6, 6.07) is 7.49. The molecular formula is C9H9NOS. The van der Waals surface area contributed by atoms with E-state index in [1.807, 2.05) is 24.3 Å². The van der Waals surface area contributed by atoms with Crippen molar-refractivity contribution in [1.29, 1.82) is 0 Å². The van der Waals surface area contributed by atoms with Crippen LogP contribution in [0.25, 0.3) is 0 Å². The van der Waals surface area contributed by atoms with Crippen molar-refractivity contribution in [3.8, 4) is 0 Å². The fourth-order valence-electron chi connectivity index (χ4n) is 1.37. The third-order valence-corrected chi connectivity index (χ3v) is 2.31. The van der Waals surface area contributed by atoms with Gasteiger partial charge in [-0.25, -0.2) is 0 Å². The summed E-state index contributed by atoms with van der Waals surface area (Å²) in [5.41, 5.74) is 1.77. The molecule has 0 radical (unpaired) electrons. The van der Waals surface area contributed by atoms with Crippen LogP contribution in [-0.4, -0.2) is 11.2 Å². The number of thiol groups is 1. The summed E-state index contributed by atoms with van der Waals surface area (Å²) >= 11 is 4.19. The molecule has 2 rings (SSSR count). The molecule has 0 saturated heterocycles. The quantitative estimate of drug-likeness (QED) is 0.506. The molecule has 1 aliphatic heterocycles. The molecular weight excluding hydrogens is 170 g/mol. The third kappa shape index (κ3) is 1.10. The van der Waals surface area contributed by atoms with Gasteiger partial charge in [-0.15, -0.1) is 12.6 Å². The Hall–Kier alpha value is -0.960. The average Bonchev–Trinajstić information content (AvgIpc) is 2.41. The molecule has 1 aliphatic rings. The van der Waals surface area contributed by atoms with Crippen molar-refractivity contribution >= 4 is 24.6 Å². The maximum absolute atomic E-state index is 10.8. The molecule has 1 aromatic carbocycles. The van der Waals surface area contributed by atoms with Gasteiger partial charge in [0.05, 0.1) is 0 Å². The number of carbonyl (C=O) groups is 1. The average molecular weight is 180 g/mol. The van der Waals surface area contributed by atoms with Crippen LogP contribution in [-0.2, 0) is 11.2 Å². The van der Waals surface area contributed by atoms with E-state index in [0.29, 0.717) is 12.7 Å². The van der Waals surface area contributed by atoms with Crippen molar-refractivity contribution in [2.75, 3.05) is 5.31 Å². The van der Waals surface area contributed by atoms with Gasteiger partial charge in [-0.05, 0) is 11.6 Å². The second-order valence-electron chi connectivity index (χ2n) is 2.91. The molecule has 1 heterocycles. The number of para-hydroxylation sites is 1. The summed E-state index contributed by atoms with van der Waals surface area (Å²) in [7, 11) is 0. The van der Waals surface area contributed by atoms with Crippen LogP contribution in [0.3, 0.4) is 0 Å². The molecule has 0 saturated carbocycles. The zero-order valence-corrected chi connectivity index (χ0v) is 7.29. The normalized spacial score (nSPS) is 28.1. The number of aldehydes is 1. The molecule has 3 heteroatoms. The predicted octanol–water partition coefficient (Wildman–Crippen LogP) is 1.48. The predicted molar refractivity (Wildman–Crippen MR) is 51.5 cm³/mol. The number of hydrogen-bond acceptors (Lipinski definition) is 3. The smallest absolute Gasteiger partial charge is 0.162 e. The van der Waals surface area contributed by atoms with Crippen LogP contribution < -0.4 is 5.31 Å². The molecule has 12 heavy (non-hydrogen) atoms. The number of rotatable bonds is 1. The lowest BCUT2D eigenvalue weighted by atomic mass is 10.1. The van der Waals surface area contributed by atoms with Gasteiger partial charge in [0.25, 0.3) is 0 Å². The van der Waals surface area contributed by atoms with Crippen LogP contribution in [0.4, 0.5) is 5.69 Å². The lowest BCUT2D eigenvalue weighted by Gasteiger charge is -2.14. The van der Waals surface area contributed by atoms with Crippen molar-refractivity contribution < 1.29 is 6.21 Å². The second-order valence-corrected chi connectivity index (χ2v) is 3.69. The SMILES string of the molecule is [2H]N1c2ccccc2CC1(S)C=O. The molecule has 2 nitrogen and oxygen atoms in total. The van der Waals surface area contributed by atoms with Crippen molar-refractivity contribution in [3.63, 3.8) is 0 Å². The van der Waals surface area contributed by atoms with Crippen molar-refractivity contribution in [1.82, 2.24) is 0 Å². The monoisotopic (exact) mass is 180 g/mol. The molecule has 0 aromatic heterocycles. The van der Waals surface area contributed by atoms with Crippen LogP contribution in [0.15, 0.2) is 24.3 Å². The molecule has 0 spiro atoms. The molecule has 1 N–H and O–H groups in total. The van der Waals surface area contributed by atoms with Crippen LogP contribution in [0.5, 0.6) is 0 Å². The number of carbonyl (C=O) groups excluding carboxylic acids is 1. The van der Waals surface area contributed by atoms with Crippen LogP contribution in [0.1, 0.15) is 5.56 Å². The van der Waals surface area contributed by atoms with Gasteiger partial charge < -0.3 is 5.31 Å². The zero-order chi connectivity index (χ0) is 9.47. The van der Waals surface area contributed by atoms with Crippen LogP contribution >= 0.6 is 12.6 Å². The Bertz CT molecular complexity index is 357. The van der Waals surface area contributed by atoms with Gasteiger partial charge in [-0.2, -0.15) is 0 Å². The maximum atomic E-state index is 10.8. The largest absolute Gasteiger partial charge is 0.365 e. The first-order chi connectivity index (χ1) is 6.17. The highest BCUT2D eigenvalue weighted by Gasteiger charge is 2.32. The van der Waals surface area contributed by atoms with Crippen molar-refractivity contribution in [2.45, 2.75) is 11.3 Å². The highest BCUT2D eigenvalue weighted by atomic mass is 32.1. The highest BCUT2D eigenvalue weighted by Crippen LogP contribution is 2.32. The molecule has 0 amide bonds. The third-order valence-electron chi connectivity index (χ3n) is 1.95. The van der Waals surface area contributed by atoms with E-state index in [1.165, 1.54) is 5.31 Å². The summed E-state index contributed by atoms with van der Waals surface area (Å²) in [5, 5.41) is 1.17. The van der Waals surface area contributed by atoms with E-state index in [4.69, 9.17) is 1.41 Å². The lowest BCUT2D eigenvalue weighted by Crippen LogP contribution is -2.30. The maximum Gasteiger partial charge on any atom is 0.162 e. The molecule has 1 unspecified atom stereocenters. The van der Waals surface area contributed by atoms with E-state index in [1.54, 1.807) is 0 Å². The fourth-order valence-corrected chi connectivity index (χ4v) is 1.64. The first kappa shape index (κ1) is 6.54. The Balaban J connectivity index is 2.49. The van der Waals surface area contributed by atoms with Gasteiger partial charge in [0.2, 0.25) is 0 Å². The summed E-state index contributed by atoms with van der Waals surface area (Å²) < 4.78 is 7.69. The first-order valence-electron chi connectivity index (χ1n) is 4.18. The highest BCUT2D eigenvalue weighted by molar-refractivity contribution is 7.82. The van der Waals surface area contributed by atoms with Gasteiger partial charge in [-0.3, -0.25) is 4.79 Å². The van der Waals surface area contributed by atoms with Gasteiger partial charge in [0, 0.05) is 12.1 Å². The molecule has 0 fully saturated rings. The summed E-state index contributed by atoms with van der Waals surface area (Å²) in [4.78, 5) is 9.79. The minimum atomic E-state index is -0.982. The van der Waals surface area contributed by atoms with E-state index < -0.39 is 4.87 Å². The van der Waals surface area contributed by atoms with E-state index in [2.05, 4.69) is 12.6 Å². The Morgan fingerprint density at radius 3 is 3.08 bits per heavy atom. The number of hydrogen-bond donors (Lipinski definition) is 2. The Kier molecular flexibility index (Phi) is 1.37. The van der Waals surface area contributed by atoms with Crippen molar-refractivity contribution in [3.05, 3.63) is 29.8 Å². The van der Waals surface area contributed by atoms with Crippen LogP contribution in [0.2, 0.25) is 1.41 Å². The molecule has 62 valence electrons. The number of nitrogens with one attached hydrogen (secondary N) is 1. The number of benzene rings is 1. The molecule has 1 atom stereocenters. The van der Waals surface area contributed by atoms with E-state index >= 15 is 0 Å². The van der Waals surface area contributed by atoms with Gasteiger partial charge in [0.1, 0.15) is 4.87 Å². The van der Waals surface area contributed by atoms with Gasteiger partial charge in [-0.1, -0.05) is 18.2 Å². The minimum absolute atomic E-state index is 0.499. The second kappa shape index (κ2) is 2.52. The summed E-state index contributed by atoms with van der Waals surface area (Å²) in [5.74, 6) is 0. The minimum Gasteiger partial charge on any atom is -0.365 e. The summed E-state index contributed by atoms with van der Waals surface area (Å²) in [6.07, 6.45) is 1.21. The van der Waals surface area contributed by atoms with E-state index in [9.17, 15) is 4.79 Å². The lowest BCUT2D eigenvalue weighted by molar-refractivity contribution is -0.109. The Morgan fingerprint density at radius 1 is 1.67 bits per heavy atom. The topological polar surface area (TPSA) is 29.1 Å². The zero-order valence-electron chi connectivity index (χ0n) is 7.40. The van der Waals surface area contributed by atoms with E-state index in [0.717, 1.165) is 11.3 Å². The summed E-state index contributed by atoms with van der Waals surface area (Å²) in [6.45, 7) is 0. The fraction of sp³-hybridized carbons (Fsp3) is 0.222. The molecule has 0 aliphatic carbocycles. The van der Waals surface area contributed by atoms with Crippen molar-refractivity contribution in [2.24, 2.45) is 0 Å². The van der Waals surface area contributed by atoms with E-state index in [-0.39, 0.29) is 0 Å². The Labute approximate surface area is 77.8 Å². The Morgan fingerprint density at radius 2 is 2.42 bits per heavy atom. The van der Waals surface area contributed by atoms with Crippen LogP contribution in [0, 0.1) is 0 Å². The van der Waals surface area contributed by atoms with Gasteiger partial charge >= 0.3 is 0 Å². The molecule has 1 aromatic rings.